The molecule has 3 aromatic rings. The quantitative estimate of drug-likeness (QED) is 0.670. The Labute approximate surface area is 171 Å². The largest absolute Gasteiger partial charge is 0.480 e. The molecule has 0 saturated carbocycles. The van der Waals surface area contributed by atoms with E-state index in [0.717, 1.165) is 27.0 Å². The highest BCUT2D eigenvalue weighted by Crippen LogP contribution is 2.45. The summed E-state index contributed by atoms with van der Waals surface area (Å²) in [6, 6.07) is 17.1. The van der Waals surface area contributed by atoms with Gasteiger partial charge in [-0.3, -0.25) is 14.7 Å². The predicted molar refractivity (Wildman–Crippen MR) is 116 cm³/mol. The highest BCUT2D eigenvalue weighted by molar-refractivity contribution is 8.03. The molecule has 2 N–H and O–H groups in total. The molecule has 0 amide bonds. The first kappa shape index (κ1) is 18.9. The molecule has 0 unspecified atom stereocenters. The summed E-state index contributed by atoms with van der Waals surface area (Å²) in [7, 11) is 0. The number of nitrogens with one attached hydrogen (secondary N) is 1. The van der Waals surface area contributed by atoms with Crippen molar-refractivity contribution < 1.29 is 9.90 Å². The Balaban J connectivity index is 1.63. The molecule has 0 radical (unpaired) electrons. The average Bonchev–Trinajstić information content (AvgIpc) is 3.20. The zero-order valence-electron chi connectivity index (χ0n) is 15.7. The first-order valence-corrected chi connectivity index (χ1v) is 9.88. The van der Waals surface area contributed by atoms with Crippen molar-refractivity contribution in [1.82, 2.24) is 9.78 Å². The first-order chi connectivity index (χ1) is 14.0. The number of carboxylic acid groups (broad SMARTS) is 1. The van der Waals surface area contributed by atoms with Gasteiger partial charge in [0.25, 0.3) is 5.56 Å². The second-order valence-electron chi connectivity index (χ2n) is 6.54. The van der Waals surface area contributed by atoms with E-state index >= 15 is 0 Å². The zero-order chi connectivity index (χ0) is 20.4. The number of anilines is 1. The van der Waals surface area contributed by atoms with Crippen LogP contribution in [-0.4, -0.2) is 27.4 Å². The summed E-state index contributed by atoms with van der Waals surface area (Å²) >= 11 is 1.51. The molecule has 1 aliphatic heterocycles. The maximum absolute atomic E-state index is 12.8. The number of carbonyl (C=O) groups is 1. The van der Waals surface area contributed by atoms with E-state index in [0.29, 0.717) is 5.56 Å². The molecular weight excluding hydrogens is 386 g/mol. The molecule has 7 heteroatoms. The SMILES string of the molecule is Cc1[nH]n(-c2ccccc2)c(=O)c1C=CC=C1Sc2ccccc2N1CC(=O)O. The van der Waals surface area contributed by atoms with Gasteiger partial charge in [-0.25, -0.2) is 4.68 Å². The normalized spacial score (nSPS) is 14.7. The molecule has 0 saturated heterocycles. The maximum Gasteiger partial charge on any atom is 0.323 e. The fourth-order valence-corrected chi connectivity index (χ4v) is 4.29. The van der Waals surface area contributed by atoms with Crippen molar-refractivity contribution in [3.05, 3.63) is 93.4 Å². The fourth-order valence-electron chi connectivity index (χ4n) is 3.22. The monoisotopic (exact) mass is 405 g/mol. The van der Waals surface area contributed by atoms with E-state index in [2.05, 4.69) is 5.10 Å². The zero-order valence-corrected chi connectivity index (χ0v) is 16.5. The number of H-pyrrole nitrogens is 1. The Hall–Kier alpha value is -3.45. The number of hydrogen-bond donors (Lipinski definition) is 2. The minimum absolute atomic E-state index is 0.117. The number of nitrogens with zero attached hydrogens (tertiary/aromatic N) is 2. The van der Waals surface area contributed by atoms with E-state index in [9.17, 15) is 14.7 Å². The summed E-state index contributed by atoms with van der Waals surface area (Å²) < 4.78 is 1.51. The summed E-state index contributed by atoms with van der Waals surface area (Å²) in [5, 5.41) is 13.2. The third-order valence-corrected chi connectivity index (χ3v) is 5.69. The number of allylic oxidation sites excluding steroid dienone is 2. The van der Waals surface area contributed by atoms with E-state index in [1.165, 1.54) is 16.4 Å². The lowest BCUT2D eigenvalue weighted by Gasteiger charge is -2.17. The van der Waals surface area contributed by atoms with Gasteiger partial charge < -0.3 is 10.0 Å². The lowest BCUT2D eigenvalue weighted by atomic mass is 10.2. The van der Waals surface area contributed by atoms with E-state index in [-0.39, 0.29) is 12.1 Å². The lowest BCUT2D eigenvalue weighted by Crippen LogP contribution is -2.25. The van der Waals surface area contributed by atoms with E-state index in [1.807, 2.05) is 67.6 Å². The number of aromatic nitrogens is 2. The molecule has 4 rings (SSSR count). The summed E-state index contributed by atoms with van der Waals surface area (Å²) in [5.74, 6) is -0.899. The van der Waals surface area contributed by atoms with Crippen LogP contribution < -0.4 is 10.5 Å². The van der Waals surface area contributed by atoms with Crippen LogP contribution in [0.4, 0.5) is 5.69 Å². The highest BCUT2D eigenvalue weighted by atomic mass is 32.2. The van der Waals surface area contributed by atoms with Crippen molar-refractivity contribution in [3.8, 4) is 5.69 Å². The predicted octanol–water partition coefficient (Wildman–Crippen LogP) is 4.03. The maximum atomic E-state index is 12.8. The van der Waals surface area contributed by atoms with Crippen molar-refractivity contribution in [2.45, 2.75) is 11.8 Å². The van der Waals surface area contributed by atoms with Gasteiger partial charge in [0.2, 0.25) is 0 Å². The van der Waals surface area contributed by atoms with Crippen LogP contribution in [-0.2, 0) is 4.79 Å². The average molecular weight is 405 g/mol. The van der Waals surface area contributed by atoms with Gasteiger partial charge in [-0.05, 0) is 43.3 Å². The molecule has 0 bridgehead atoms. The molecule has 0 fully saturated rings. The molecule has 146 valence electrons. The first-order valence-electron chi connectivity index (χ1n) is 9.06. The van der Waals surface area contributed by atoms with Crippen molar-refractivity contribution in [2.24, 2.45) is 0 Å². The van der Waals surface area contributed by atoms with Crippen LogP contribution in [0.25, 0.3) is 11.8 Å². The third kappa shape index (κ3) is 3.77. The number of carboxylic acids is 1. The molecule has 0 spiro atoms. The molecule has 0 atom stereocenters. The van der Waals surface area contributed by atoms with Gasteiger partial charge in [-0.1, -0.05) is 48.2 Å². The summed E-state index contributed by atoms with van der Waals surface area (Å²) in [6.07, 6.45) is 5.38. The fraction of sp³-hybridized carbons (Fsp3) is 0.0909. The van der Waals surface area contributed by atoms with Gasteiger partial charge in [0, 0.05) is 10.6 Å². The number of hydrogen-bond acceptors (Lipinski definition) is 4. The van der Waals surface area contributed by atoms with Crippen LogP contribution in [0.2, 0.25) is 0 Å². The number of rotatable bonds is 5. The van der Waals surface area contributed by atoms with Gasteiger partial charge in [0.05, 0.1) is 22.0 Å². The number of fused-ring (bicyclic) bond motifs is 1. The van der Waals surface area contributed by atoms with Crippen molar-refractivity contribution >= 4 is 29.5 Å². The Bertz CT molecular complexity index is 1180. The molecule has 1 aliphatic rings. The Morgan fingerprint density at radius 2 is 1.86 bits per heavy atom. The van der Waals surface area contributed by atoms with Gasteiger partial charge >= 0.3 is 5.97 Å². The van der Waals surface area contributed by atoms with Crippen molar-refractivity contribution in [1.29, 1.82) is 0 Å². The molecular formula is C22H19N3O3S. The lowest BCUT2D eigenvalue weighted by molar-refractivity contribution is -0.135. The number of aryl methyl sites for hydroxylation is 1. The molecule has 2 aromatic carbocycles. The van der Waals surface area contributed by atoms with Gasteiger partial charge in [-0.2, -0.15) is 0 Å². The van der Waals surface area contributed by atoms with Gasteiger partial charge in [-0.15, -0.1) is 0 Å². The van der Waals surface area contributed by atoms with Crippen LogP contribution in [0.3, 0.4) is 0 Å². The number of aromatic amines is 1. The second kappa shape index (κ2) is 7.89. The van der Waals surface area contributed by atoms with Crippen LogP contribution >= 0.6 is 11.8 Å². The standard InChI is InChI=1S/C22H19N3O3S/c1-15-17(22(28)25(23-15)16-8-3-2-4-9-16)10-7-13-20-24(14-21(26)27)18-11-5-6-12-19(18)29-20/h2-13,23H,14H2,1H3,(H,26,27). The second-order valence-corrected chi connectivity index (χ2v) is 7.60. The topological polar surface area (TPSA) is 78.3 Å². The number of benzene rings is 2. The van der Waals surface area contributed by atoms with Crippen LogP contribution in [0.5, 0.6) is 0 Å². The molecule has 29 heavy (non-hydrogen) atoms. The Kier molecular flexibility index (Phi) is 5.14. The van der Waals surface area contributed by atoms with Crippen molar-refractivity contribution in [3.63, 3.8) is 0 Å². The summed E-state index contributed by atoms with van der Waals surface area (Å²) in [6.45, 7) is 1.73. The minimum Gasteiger partial charge on any atom is -0.480 e. The van der Waals surface area contributed by atoms with E-state index in [4.69, 9.17) is 0 Å². The number of para-hydroxylation sites is 2. The van der Waals surface area contributed by atoms with Gasteiger partial charge in [0.15, 0.2) is 0 Å². The molecule has 0 aliphatic carbocycles. The number of aliphatic carboxylic acids is 1. The Morgan fingerprint density at radius 1 is 1.14 bits per heavy atom. The highest BCUT2D eigenvalue weighted by Gasteiger charge is 2.25. The van der Waals surface area contributed by atoms with Crippen molar-refractivity contribution in [2.75, 3.05) is 11.4 Å². The molecule has 2 heterocycles. The van der Waals surface area contributed by atoms with Crippen LogP contribution in [0.15, 0.2) is 81.5 Å². The van der Waals surface area contributed by atoms with Gasteiger partial charge in [0.1, 0.15) is 6.54 Å². The van der Waals surface area contributed by atoms with Crippen LogP contribution in [0.1, 0.15) is 11.3 Å². The van der Waals surface area contributed by atoms with Crippen LogP contribution in [0, 0.1) is 6.92 Å². The molecule has 6 nitrogen and oxygen atoms in total. The summed E-state index contributed by atoms with van der Waals surface area (Å²) in [5.41, 5.74) is 2.85. The smallest absolute Gasteiger partial charge is 0.323 e. The Morgan fingerprint density at radius 3 is 2.62 bits per heavy atom. The summed E-state index contributed by atoms with van der Waals surface area (Å²) in [4.78, 5) is 26.8. The molecule has 1 aromatic heterocycles. The number of thioether (sulfide) groups is 1. The van der Waals surface area contributed by atoms with E-state index < -0.39 is 5.97 Å². The minimum atomic E-state index is -0.899. The third-order valence-electron chi connectivity index (χ3n) is 4.56. The van der Waals surface area contributed by atoms with E-state index in [1.54, 1.807) is 17.1 Å².